The highest BCUT2D eigenvalue weighted by Crippen LogP contribution is 2.22. The van der Waals surface area contributed by atoms with E-state index in [0.29, 0.717) is 36.3 Å². The number of hydrogen-bond donors (Lipinski definition) is 2. The van der Waals surface area contributed by atoms with Crippen molar-refractivity contribution in [3.63, 3.8) is 0 Å². The Kier molecular flexibility index (Phi) is 7.81. The molecule has 1 aromatic heterocycles. The van der Waals surface area contributed by atoms with Gasteiger partial charge < -0.3 is 19.6 Å². The van der Waals surface area contributed by atoms with Crippen molar-refractivity contribution < 1.29 is 28.2 Å². The van der Waals surface area contributed by atoms with Gasteiger partial charge in [-0.1, -0.05) is 12.1 Å². The number of unbranched alkanes of at least 4 members (excludes halogenated alkanes) is 2. The normalized spacial score (nSPS) is 10.6. The van der Waals surface area contributed by atoms with Crippen molar-refractivity contribution in [3.05, 3.63) is 77.8 Å². The van der Waals surface area contributed by atoms with Crippen LogP contribution in [0.5, 0.6) is 5.75 Å². The third kappa shape index (κ3) is 6.70. The summed E-state index contributed by atoms with van der Waals surface area (Å²) >= 11 is 0. The zero-order valence-electron chi connectivity index (χ0n) is 17.0. The first-order valence-corrected chi connectivity index (χ1v) is 10.1. The van der Waals surface area contributed by atoms with Gasteiger partial charge in [0.2, 0.25) is 0 Å². The molecule has 0 saturated carbocycles. The molecule has 0 atom stereocenters. The fraction of sp³-hybridized carbons (Fsp3) is 0.250. The zero-order valence-corrected chi connectivity index (χ0v) is 17.0. The molecule has 0 aliphatic heterocycles. The average Bonchev–Trinajstić information content (AvgIpc) is 3.30. The molecular formula is C24H24FNO5. The second kappa shape index (κ2) is 11.0. The van der Waals surface area contributed by atoms with E-state index in [2.05, 4.69) is 5.32 Å². The number of carboxylic acid groups (broad SMARTS) is 1. The molecule has 162 valence electrons. The first kappa shape index (κ1) is 22.1. The molecule has 3 rings (SSSR count). The molecule has 2 aromatic carbocycles. The van der Waals surface area contributed by atoms with Gasteiger partial charge in [-0.15, -0.1) is 0 Å². The number of carboxylic acids is 1. The van der Waals surface area contributed by atoms with Crippen LogP contribution in [-0.4, -0.2) is 23.6 Å². The lowest BCUT2D eigenvalue weighted by Crippen LogP contribution is -2.23. The molecule has 7 heteroatoms. The van der Waals surface area contributed by atoms with Crippen molar-refractivity contribution in [3.8, 4) is 17.1 Å². The molecule has 3 aromatic rings. The predicted molar refractivity (Wildman–Crippen MR) is 113 cm³/mol. The highest BCUT2D eigenvalue weighted by molar-refractivity contribution is 5.94. The third-order valence-electron chi connectivity index (χ3n) is 4.71. The van der Waals surface area contributed by atoms with Gasteiger partial charge in [0, 0.05) is 29.7 Å². The van der Waals surface area contributed by atoms with E-state index in [1.807, 2.05) is 6.07 Å². The van der Waals surface area contributed by atoms with Gasteiger partial charge in [0.25, 0.3) is 5.91 Å². The highest BCUT2D eigenvalue weighted by Gasteiger charge is 2.10. The van der Waals surface area contributed by atoms with Crippen LogP contribution in [0, 0.1) is 5.82 Å². The quantitative estimate of drug-likeness (QED) is 0.420. The van der Waals surface area contributed by atoms with Gasteiger partial charge in [-0.3, -0.25) is 9.59 Å². The molecule has 0 spiro atoms. The maximum Gasteiger partial charge on any atom is 0.303 e. The number of ether oxygens (including phenoxy) is 1. The summed E-state index contributed by atoms with van der Waals surface area (Å²) in [6.07, 6.45) is 3.73. The second-order valence-corrected chi connectivity index (χ2v) is 7.04. The first-order chi connectivity index (χ1) is 15.0. The summed E-state index contributed by atoms with van der Waals surface area (Å²) in [5.41, 5.74) is 1.88. The van der Waals surface area contributed by atoms with Gasteiger partial charge >= 0.3 is 5.97 Å². The van der Waals surface area contributed by atoms with Crippen LogP contribution in [0.15, 0.2) is 65.3 Å². The summed E-state index contributed by atoms with van der Waals surface area (Å²) in [6, 6.07) is 14.8. The molecule has 1 amide bonds. The van der Waals surface area contributed by atoms with Crippen LogP contribution in [0.2, 0.25) is 0 Å². The SMILES string of the molecule is O=C(O)CCCCCOc1ccc(F)cc1CNC(=O)c1ccc(-c2ccco2)cc1. The number of hydrogen-bond acceptors (Lipinski definition) is 4. The third-order valence-corrected chi connectivity index (χ3v) is 4.71. The molecule has 0 saturated heterocycles. The van der Waals surface area contributed by atoms with Gasteiger partial charge in [0.15, 0.2) is 0 Å². The lowest BCUT2D eigenvalue weighted by atomic mass is 10.1. The Hall–Kier alpha value is -3.61. The van der Waals surface area contributed by atoms with Crippen molar-refractivity contribution in [2.24, 2.45) is 0 Å². The number of nitrogens with one attached hydrogen (secondary N) is 1. The molecule has 0 unspecified atom stereocenters. The fourth-order valence-corrected chi connectivity index (χ4v) is 3.07. The summed E-state index contributed by atoms with van der Waals surface area (Å²) in [4.78, 5) is 23.0. The van der Waals surface area contributed by atoms with Crippen molar-refractivity contribution in [2.45, 2.75) is 32.2 Å². The molecule has 0 aliphatic rings. The summed E-state index contributed by atoms with van der Waals surface area (Å²) in [5.74, 6) is -0.298. The lowest BCUT2D eigenvalue weighted by molar-refractivity contribution is -0.137. The minimum atomic E-state index is -0.812. The van der Waals surface area contributed by atoms with Crippen LogP contribution in [0.4, 0.5) is 4.39 Å². The number of carbonyl (C=O) groups is 2. The van der Waals surface area contributed by atoms with E-state index in [1.165, 1.54) is 18.2 Å². The van der Waals surface area contributed by atoms with E-state index in [4.69, 9.17) is 14.3 Å². The van der Waals surface area contributed by atoms with Gasteiger partial charge in [0.05, 0.1) is 12.9 Å². The Morgan fingerprint density at radius 1 is 1.03 bits per heavy atom. The van der Waals surface area contributed by atoms with Gasteiger partial charge in [0.1, 0.15) is 17.3 Å². The van der Waals surface area contributed by atoms with Crippen LogP contribution in [0.1, 0.15) is 41.6 Å². The minimum Gasteiger partial charge on any atom is -0.493 e. The van der Waals surface area contributed by atoms with E-state index in [0.717, 1.165) is 17.7 Å². The smallest absolute Gasteiger partial charge is 0.303 e. The molecule has 6 nitrogen and oxygen atoms in total. The Morgan fingerprint density at radius 2 is 1.84 bits per heavy atom. The zero-order chi connectivity index (χ0) is 22.1. The van der Waals surface area contributed by atoms with Gasteiger partial charge in [-0.05, 0) is 61.7 Å². The molecule has 0 fully saturated rings. The van der Waals surface area contributed by atoms with Crippen LogP contribution < -0.4 is 10.1 Å². The fourth-order valence-electron chi connectivity index (χ4n) is 3.07. The summed E-state index contributed by atoms with van der Waals surface area (Å²) in [5, 5.41) is 11.4. The summed E-state index contributed by atoms with van der Waals surface area (Å²) in [6.45, 7) is 0.505. The number of rotatable bonds is 11. The molecule has 31 heavy (non-hydrogen) atoms. The molecule has 1 heterocycles. The Labute approximate surface area is 179 Å². The van der Waals surface area contributed by atoms with Crippen LogP contribution >= 0.6 is 0 Å². The number of benzene rings is 2. The Bertz CT molecular complexity index is 999. The van der Waals surface area contributed by atoms with Crippen molar-refractivity contribution in [1.82, 2.24) is 5.32 Å². The monoisotopic (exact) mass is 425 g/mol. The number of carbonyl (C=O) groups excluding carboxylic acids is 1. The van der Waals surface area contributed by atoms with Crippen LogP contribution in [-0.2, 0) is 11.3 Å². The maximum atomic E-state index is 13.7. The lowest BCUT2D eigenvalue weighted by Gasteiger charge is -2.13. The van der Waals surface area contributed by atoms with Crippen LogP contribution in [0.25, 0.3) is 11.3 Å². The number of amides is 1. The maximum absolute atomic E-state index is 13.7. The average molecular weight is 425 g/mol. The molecule has 0 aliphatic carbocycles. The van der Waals surface area contributed by atoms with E-state index in [-0.39, 0.29) is 18.9 Å². The first-order valence-electron chi connectivity index (χ1n) is 10.1. The van der Waals surface area contributed by atoms with Crippen molar-refractivity contribution in [1.29, 1.82) is 0 Å². The molecule has 0 radical (unpaired) electrons. The number of halogens is 1. The van der Waals surface area contributed by atoms with E-state index >= 15 is 0 Å². The summed E-state index contributed by atoms with van der Waals surface area (Å²) < 4.78 is 24.8. The number of furan rings is 1. The molecule has 0 bridgehead atoms. The Morgan fingerprint density at radius 3 is 2.55 bits per heavy atom. The molecule has 2 N–H and O–H groups in total. The standard InChI is InChI=1S/C24H24FNO5/c25-20-11-12-22(30-13-3-1-2-6-23(27)28)19(15-20)16-26-24(29)18-9-7-17(8-10-18)21-5-4-14-31-21/h4-5,7-12,14-15H,1-3,6,13,16H2,(H,26,29)(H,27,28). The minimum absolute atomic E-state index is 0.116. The van der Waals surface area contributed by atoms with Gasteiger partial charge in [-0.25, -0.2) is 4.39 Å². The molecular weight excluding hydrogens is 401 g/mol. The van der Waals surface area contributed by atoms with Crippen molar-refractivity contribution in [2.75, 3.05) is 6.61 Å². The van der Waals surface area contributed by atoms with Crippen LogP contribution in [0.3, 0.4) is 0 Å². The van der Waals surface area contributed by atoms with Crippen molar-refractivity contribution >= 4 is 11.9 Å². The van der Waals surface area contributed by atoms with E-state index in [9.17, 15) is 14.0 Å². The number of aliphatic carboxylic acids is 1. The van der Waals surface area contributed by atoms with E-state index < -0.39 is 11.8 Å². The topological polar surface area (TPSA) is 88.8 Å². The van der Waals surface area contributed by atoms with Gasteiger partial charge in [-0.2, -0.15) is 0 Å². The second-order valence-electron chi connectivity index (χ2n) is 7.04. The van der Waals surface area contributed by atoms with E-state index in [1.54, 1.807) is 36.6 Å². The highest BCUT2D eigenvalue weighted by atomic mass is 19.1. The largest absolute Gasteiger partial charge is 0.493 e. The summed E-state index contributed by atoms with van der Waals surface area (Å²) in [7, 11) is 0. The predicted octanol–water partition coefficient (Wildman–Crippen LogP) is 5.04. The Balaban J connectivity index is 1.53.